The average Bonchev–Trinajstić information content (AvgIpc) is 3.42. The summed E-state index contributed by atoms with van der Waals surface area (Å²) in [4.78, 5) is 92.2. The number of phenols is 1. The lowest BCUT2D eigenvalue weighted by atomic mass is 10.00. The van der Waals surface area contributed by atoms with Crippen molar-refractivity contribution in [2.24, 2.45) is 0 Å². The van der Waals surface area contributed by atoms with Crippen LogP contribution in [0, 0.1) is 11.6 Å². The lowest BCUT2D eigenvalue weighted by Gasteiger charge is -2.13. The highest BCUT2D eigenvalue weighted by molar-refractivity contribution is 6.14. The Labute approximate surface area is 414 Å². The predicted molar refractivity (Wildman–Crippen MR) is 263 cm³/mol. The molecule has 8 aromatic rings. The Morgan fingerprint density at radius 2 is 0.699 bits per heavy atom. The predicted octanol–water partition coefficient (Wildman–Crippen LogP) is 8.43. The molecule has 0 aliphatic rings. The number of halogens is 2. The second-order valence-corrected chi connectivity index (χ2v) is 15.1. The topological polar surface area (TPSA) is 250 Å². The standard InChI is InChI=1S/C27H21FN4O5.C26H19FN4O5/c1-36-21-7-8-22(37-2)24(28)23(21)25(33)16-3-5-17(6-4-16)26(34)31-19-11-14-30-15-20(19)32-27(35)18-9-12-29-13-10-18;1-36-21-7-6-20(32)22(23(21)27)24(33)15-2-4-16(5-3-15)25(34)30-18-10-13-29-14-19(18)31-26(35)17-8-11-28-12-9-17/h3-15H,1-2H3,(H,32,35)(H,30,31,34);2-14,32H,1H3,(H,31,35)(H,29,30,34). The third kappa shape index (κ3) is 12.0. The van der Waals surface area contributed by atoms with Crippen LogP contribution in [-0.4, -0.2) is 81.6 Å². The van der Waals surface area contributed by atoms with Crippen molar-refractivity contribution >= 4 is 57.9 Å². The summed E-state index contributed by atoms with van der Waals surface area (Å²) in [7, 11) is 3.87. The van der Waals surface area contributed by atoms with E-state index in [1.54, 1.807) is 24.3 Å². The van der Waals surface area contributed by atoms with Crippen LogP contribution in [0.25, 0.3) is 0 Å². The second-order valence-electron chi connectivity index (χ2n) is 15.1. The number of phenolic OH excluding ortho intramolecular Hbond substituents is 1. The van der Waals surface area contributed by atoms with Gasteiger partial charge in [-0.05, 0) is 84.9 Å². The number of nitrogens with zero attached hydrogens (tertiary/aromatic N) is 4. The summed E-state index contributed by atoms with van der Waals surface area (Å²) in [6.07, 6.45) is 11.7. The van der Waals surface area contributed by atoms with Crippen molar-refractivity contribution in [3.63, 3.8) is 0 Å². The molecule has 5 N–H and O–H groups in total. The van der Waals surface area contributed by atoms with Gasteiger partial charge in [-0.2, -0.15) is 0 Å². The Hall–Kier alpha value is -10.2. The van der Waals surface area contributed by atoms with Crippen molar-refractivity contribution in [2.45, 2.75) is 0 Å². The minimum Gasteiger partial charge on any atom is -0.507 e. The molecule has 73 heavy (non-hydrogen) atoms. The molecule has 0 bridgehead atoms. The largest absolute Gasteiger partial charge is 0.507 e. The first-order valence-corrected chi connectivity index (χ1v) is 21.5. The van der Waals surface area contributed by atoms with E-state index >= 15 is 0 Å². The number of carbonyl (C=O) groups is 6. The van der Waals surface area contributed by atoms with Crippen LogP contribution in [-0.2, 0) is 0 Å². The summed E-state index contributed by atoms with van der Waals surface area (Å²) >= 11 is 0. The van der Waals surface area contributed by atoms with Crippen LogP contribution in [0.1, 0.15) is 73.3 Å². The van der Waals surface area contributed by atoms with Crippen LogP contribution >= 0.6 is 0 Å². The Morgan fingerprint density at radius 3 is 1.11 bits per heavy atom. The van der Waals surface area contributed by atoms with Crippen molar-refractivity contribution in [3.05, 3.63) is 215 Å². The Kier molecular flexibility index (Phi) is 16.2. The van der Waals surface area contributed by atoms with Crippen LogP contribution in [0.4, 0.5) is 31.5 Å². The third-order valence-electron chi connectivity index (χ3n) is 10.6. The van der Waals surface area contributed by atoms with Gasteiger partial charge < -0.3 is 40.6 Å². The Balaban J connectivity index is 0.000000214. The number of amides is 4. The first-order chi connectivity index (χ1) is 35.3. The number of carbonyl (C=O) groups excluding carboxylic acids is 6. The fourth-order valence-electron chi connectivity index (χ4n) is 6.82. The molecule has 0 fully saturated rings. The number of anilines is 4. The van der Waals surface area contributed by atoms with Crippen molar-refractivity contribution in [3.8, 4) is 23.0 Å². The monoisotopic (exact) mass is 986 g/mol. The molecule has 366 valence electrons. The molecule has 0 saturated carbocycles. The summed E-state index contributed by atoms with van der Waals surface area (Å²) in [5.41, 5.74) is 1.82. The summed E-state index contributed by atoms with van der Waals surface area (Å²) < 4.78 is 44.3. The van der Waals surface area contributed by atoms with Gasteiger partial charge in [0.25, 0.3) is 23.6 Å². The van der Waals surface area contributed by atoms with Gasteiger partial charge in [0.2, 0.25) is 0 Å². The van der Waals surface area contributed by atoms with Gasteiger partial charge in [-0.25, -0.2) is 8.78 Å². The number of nitrogens with one attached hydrogen (secondary N) is 4. The van der Waals surface area contributed by atoms with Crippen molar-refractivity contribution in [1.82, 2.24) is 19.9 Å². The number of hydrogen-bond acceptors (Lipinski definition) is 14. The second kappa shape index (κ2) is 23.4. The van der Waals surface area contributed by atoms with Gasteiger partial charge in [0, 0.05) is 70.6 Å². The summed E-state index contributed by atoms with van der Waals surface area (Å²) in [6, 6.07) is 25.6. The summed E-state index contributed by atoms with van der Waals surface area (Å²) in [5, 5.41) is 20.8. The average molecular weight is 987 g/mol. The van der Waals surface area contributed by atoms with E-state index in [9.17, 15) is 42.7 Å². The van der Waals surface area contributed by atoms with Gasteiger partial charge in [0.1, 0.15) is 22.6 Å². The van der Waals surface area contributed by atoms with Crippen molar-refractivity contribution < 1.29 is 56.9 Å². The zero-order valence-electron chi connectivity index (χ0n) is 38.7. The number of ether oxygens (including phenoxy) is 3. The van der Waals surface area contributed by atoms with Gasteiger partial charge in [0.15, 0.2) is 34.7 Å². The molecule has 0 spiro atoms. The van der Waals surface area contributed by atoms with E-state index in [0.29, 0.717) is 28.2 Å². The normalized spacial score (nSPS) is 10.4. The van der Waals surface area contributed by atoms with Gasteiger partial charge >= 0.3 is 0 Å². The van der Waals surface area contributed by atoms with Crippen molar-refractivity contribution in [1.29, 1.82) is 0 Å². The fourth-order valence-corrected chi connectivity index (χ4v) is 6.82. The molecule has 0 aliphatic heterocycles. The molecule has 4 amide bonds. The lowest BCUT2D eigenvalue weighted by molar-refractivity contribution is 0.101. The highest BCUT2D eigenvalue weighted by Crippen LogP contribution is 2.32. The molecule has 4 heterocycles. The summed E-state index contributed by atoms with van der Waals surface area (Å²) in [6.45, 7) is 0. The molecule has 8 rings (SSSR count). The quantitative estimate of drug-likeness (QED) is 0.0605. The molecule has 18 nitrogen and oxygen atoms in total. The number of pyridine rings is 4. The third-order valence-corrected chi connectivity index (χ3v) is 10.6. The first kappa shape index (κ1) is 50.6. The SMILES string of the molecule is COc1ccc(O)c(C(=O)c2ccc(C(=O)Nc3ccncc3NC(=O)c3ccncc3)cc2)c1F.COc1ccc(OC)c(C(=O)c2ccc(C(=O)Nc3ccncc3NC(=O)c3ccncc3)cc2)c1F. The van der Waals surface area contributed by atoms with E-state index in [2.05, 4.69) is 41.2 Å². The number of aromatic hydroxyl groups is 1. The van der Waals surface area contributed by atoms with Gasteiger partial charge in [-0.3, -0.25) is 48.7 Å². The molecular formula is C53H40F2N8O10. The van der Waals surface area contributed by atoms with Crippen molar-refractivity contribution in [2.75, 3.05) is 42.6 Å². The van der Waals surface area contributed by atoms with Gasteiger partial charge in [0.05, 0.1) is 56.5 Å². The first-order valence-electron chi connectivity index (χ1n) is 21.5. The van der Waals surface area contributed by atoms with Crippen LogP contribution in [0.5, 0.6) is 23.0 Å². The zero-order chi connectivity index (χ0) is 52.0. The number of hydrogen-bond donors (Lipinski definition) is 5. The van der Waals surface area contributed by atoms with E-state index in [-0.39, 0.29) is 50.8 Å². The van der Waals surface area contributed by atoms with Crippen LogP contribution < -0.4 is 35.5 Å². The maximum Gasteiger partial charge on any atom is 0.255 e. The smallest absolute Gasteiger partial charge is 0.255 e. The molecule has 0 atom stereocenters. The molecule has 0 unspecified atom stereocenters. The number of aromatic nitrogens is 4. The molecule has 0 aliphatic carbocycles. The highest BCUT2D eigenvalue weighted by atomic mass is 19.1. The fraction of sp³-hybridized carbons (Fsp3) is 0.0566. The number of ketones is 2. The van der Waals surface area contributed by atoms with E-state index in [4.69, 9.17) is 14.2 Å². The molecule has 0 saturated heterocycles. The zero-order valence-corrected chi connectivity index (χ0v) is 38.7. The van der Waals surface area contributed by atoms with Crippen LogP contribution in [0.2, 0.25) is 0 Å². The molecular weight excluding hydrogens is 947 g/mol. The van der Waals surface area contributed by atoms with Crippen LogP contribution in [0.15, 0.2) is 159 Å². The Bertz CT molecular complexity index is 3350. The minimum atomic E-state index is -0.983. The molecule has 20 heteroatoms. The molecule has 0 radical (unpaired) electrons. The van der Waals surface area contributed by atoms with E-state index in [1.165, 1.54) is 150 Å². The van der Waals surface area contributed by atoms with Gasteiger partial charge in [-0.15, -0.1) is 0 Å². The van der Waals surface area contributed by atoms with E-state index < -0.39 is 58.1 Å². The van der Waals surface area contributed by atoms with E-state index in [1.807, 2.05) is 0 Å². The number of methoxy groups -OCH3 is 3. The van der Waals surface area contributed by atoms with Crippen LogP contribution in [0.3, 0.4) is 0 Å². The highest BCUT2D eigenvalue weighted by Gasteiger charge is 2.25. The number of rotatable bonds is 15. The number of benzene rings is 4. The lowest BCUT2D eigenvalue weighted by Crippen LogP contribution is -2.17. The van der Waals surface area contributed by atoms with Gasteiger partial charge in [-0.1, -0.05) is 24.3 Å². The maximum atomic E-state index is 14.8. The molecule has 4 aromatic carbocycles. The summed E-state index contributed by atoms with van der Waals surface area (Å²) in [5.74, 6) is -5.78. The Morgan fingerprint density at radius 1 is 0.384 bits per heavy atom. The van der Waals surface area contributed by atoms with E-state index in [0.717, 1.165) is 6.07 Å². The molecule has 4 aromatic heterocycles. The minimum absolute atomic E-state index is 0.0585. The maximum absolute atomic E-state index is 14.8.